The Hall–Kier alpha value is -12.1. The third-order valence-corrected chi connectivity index (χ3v) is 18.2. The summed E-state index contributed by atoms with van der Waals surface area (Å²) in [5.74, 6) is 5.77. The summed E-state index contributed by atoms with van der Waals surface area (Å²) >= 11 is 0. The van der Waals surface area contributed by atoms with Gasteiger partial charge in [0.05, 0.1) is 69.8 Å². The Kier molecular flexibility index (Phi) is 23.0. The van der Waals surface area contributed by atoms with Crippen molar-refractivity contribution in [3.8, 4) is 45.8 Å². The van der Waals surface area contributed by atoms with E-state index in [0.29, 0.717) is 49.0 Å². The third-order valence-electron chi connectivity index (χ3n) is 18.2. The maximum atomic E-state index is 12.8. The van der Waals surface area contributed by atoms with Crippen LogP contribution in [0.5, 0.6) is 34.5 Å². The number of aromatic nitrogens is 8. The van der Waals surface area contributed by atoms with E-state index in [-0.39, 0.29) is 54.9 Å². The van der Waals surface area contributed by atoms with Gasteiger partial charge in [0.2, 0.25) is 5.91 Å². The fraction of sp³-hybridized carbons (Fsp3) is 0.309. The zero-order valence-electron chi connectivity index (χ0n) is 60.3. The van der Waals surface area contributed by atoms with Gasteiger partial charge in [0, 0.05) is 48.4 Å². The minimum absolute atomic E-state index is 0.0265. The molecule has 5 atom stereocenters. The van der Waals surface area contributed by atoms with Crippen molar-refractivity contribution in [2.45, 2.75) is 134 Å². The average molecular weight is 1430 g/mol. The van der Waals surface area contributed by atoms with Crippen molar-refractivity contribution in [3.05, 3.63) is 229 Å². The number of nitrogens with one attached hydrogen (secondary N) is 1. The Bertz CT molecular complexity index is 4750. The number of H-pyrrole nitrogens is 1. The number of para-hydroxylation sites is 3. The van der Waals surface area contributed by atoms with Crippen LogP contribution in [0, 0.1) is 0 Å². The number of aliphatic hydroxyl groups is 1. The molecule has 25 nitrogen and oxygen atoms in total. The number of nitrogen functional groups attached to an aromatic ring is 3. The van der Waals surface area contributed by atoms with Crippen LogP contribution in [0.1, 0.15) is 139 Å². The SMILES string of the molecule is C=CC(=O)N1CCC[C@@H]1CC1N=C(c2ccc(Oc3ccccc3)cc2)c2c(N)ncnc21.CC(C)(C)OC(=O)N1CCC[C@@H]1CC1N=C(c2ccc(Oc3ccccc3)cc2)c2c(N)ncnc21.CC(C)(C)OC(=O)N1CCC[C@@H]1CO.Nc1ncnc2n[nH]c(-c3ccc(Oc4ccccc4)cc3)c12. The number of hydrogen-bond donors (Lipinski definition) is 5. The molecule has 5 aliphatic rings. The number of hydrogen-bond acceptors (Lipinski definition) is 21. The van der Waals surface area contributed by atoms with E-state index >= 15 is 0 Å². The summed E-state index contributed by atoms with van der Waals surface area (Å²) < 4.78 is 28.5. The lowest BCUT2D eigenvalue weighted by molar-refractivity contribution is -0.126. The van der Waals surface area contributed by atoms with Gasteiger partial charge in [0.15, 0.2) is 5.65 Å². The first kappa shape index (κ1) is 73.6. The Morgan fingerprint density at radius 1 is 0.491 bits per heavy atom. The van der Waals surface area contributed by atoms with Crippen molar-refractivity contribution in [3.63, 3.8) is 0 Å². The highest BCUT2D eigenvalue weighted by atomic mass is 16.6. The number of aliphatic hydroxyl groups excluding tert-OH is 1. The van der Waals surface area contributed by atoms with E-state index in [2.05, 4.69) is 46.7 Å². The summed E-state index contributed by atoms with van der Waals surface area (Å²) in [5.41, 5.74) is 26.3. The monoisotopic (exact) mass is 1430 g/mol. The van der Waals surface area contributed by atoms with Gasteiger partial charge in [0.1, 0.15) is 82.1 Å². The number of carbonyl (C=O) groups is 3. The molecule has 15 rings (SSSR count). The number of anilines is 3. The summed E-state index contributed by atoms with van der Waals surface area (Å²) in [6, 6.07) is 51.9. The fourth-order valence-electron chi connectivity index (χ4n) is 13.4. The number of fused-ring (bicyclic) bond motifs is 3. The Morgan fingerprint density at radius 3 is 1.27 bits per heavy atom. The summed E-state index contributed by atoms with van der Waals surface area (Å²) in [7, 11) is 0. The standard InChI is InChI=1S/C28H31N5O3.C26H25N5O2.C17H13N5O.C10H19NO3/c1-28(2,3)36-27(34)33-15-7-8-19(33)16-22-25-23(26(29)31-17-30-25)24(32-22)18-11-13-21(14-12-18)35-20-9-5-4-6-10-20;1-2-22(32)31-14-6-7-18(31)15-21-25-23(26(27)29-16-28-25)24(30-21)17-10-12-20(13-11-17)33-19-8-4-3-5-9-19;18-16-14-15(21-22-17(14)20-10-19-16)11-6-8-13(9-7-11)23-12-4-2-1-3-5-12;1-10(2,3)14-9(13)11-6-4-5-8(11)7-12/h4-6,9-14,17,19,22H,7-8,15-16H2,1-3H3,(H2,29,30,31);2-5,8-13,16,18,21H,1,6-7,14-15H2,(H2,27,28,29);1-10H,(H3,18,19,20,21,22);8,12H,4-7H2,1-3H3/t19-,22?;18-,21?;;8-/m11.1/s1. The molecule has 25 heteroatoms. The molecule has 3 saturated heterocycles. The van der Waals surface area contributed by atoms with Crippen molar-refractivity contribution in [1.29, 1.82) is 0 Å². The number of nitrogens with zero attached hydrogens (tertiary/aromatic N) is 12. The summed E-state index contributed by atoms with van der Waals surface area (Å²) in [6.45, 7) is 17.0. The number of aliphatic imine (C=N–C) groups is 2. The topological polar surface area (TPSA) is 336 Å². The van der Waals surface area contributed by atoms with Crippen molar-refractivity contribution >= 4 is 58.0 Å². The minimum Gasteiger partial charge on any atom is -0.457 e. The number of benzene rings is 6. The van der Waals surface area contributed by atoms with Gasteiger partial charge in [-0.1, -0.05) is 61.2 Å². The predicted octanol–water partition coefficient (Wildman–Crippen LogP) is 14.6. The molecule has 8 N–H and O–H groups in total. The summed E-state index contributed by atoms with van der Waals surface area (Å²) in [5, 5.41) is 16.9. The van der Waals surface area contributed by atoms with Crippen LogP contribution in [-0.4, -0.2) is 145 Å². The molecule has 546 valence electrons. The number of carbonyl (C=O) groups excluding carboxylic acids is 3. The van der Waals surface area contributed by atoms with Gasteiger partial charge in [-0.3, -0.25) is 19.9 Å². The van der Waals surface area contributed by atoms with Gasteiger partial charge >= 0.3 is 12.2 Å². The van der Waals surface area contributed by atoms with Gasteiger partial charge in [-0.2, -0.15) is 5.10 Å². The molecular formula is C81H88N16O9. The van der Waals surface area contributed by atoms with Crippen LogP contribution in [0.25, 0.3) is 22.3 Å². The Labute approximate surface area is 615 Å². The second-order valence-electron chi connectivity index (χ2n) is 28.0. The molecule has 0 radical (unpaired) electrons. The first-order valence-corrected chi connectivity index (χ1v) is 35.5. The zero-order chi connectivity index (χ0) is 74.5. The Morgan fingerprint density at radius 2 is 0.858 bits per heavy atom. The summed E-state index contributed by atoms with van der Waals surface area (Å²) in [6.07, 6.45) is 12.1. The molecule has 3 amide bonds. The van der Waals surface area contributed by atoms with Crippen LogP contribution >= 0.6 is 0 Å². The number of rotatable bonds is 15. The van der Waals surface area contributed by atoms with Gasteiger partial charge in [-0.25, -0.2) is 39.5 Å². The van der Waals surface area contributed by atoms with Crippen molar-refractivity contribution in [1.82, 2.24) is 54.8 Å². The smallest absolute Gasteiger partial charge is 0.410 e. The normalized spacial score (nSPS) is 17.8. The first-order valence-electron chi connectivity index (χ1n) is 35.5. The largest absolute Gasteiger partial charge is 0.457 e. The second kappa shape index (κ2) is 33.1. The molecule has 3 fully saturated rings. The molecule has 106 heavy (non-hydrogen) atoms. The lowest BCUT2D eigenvalue weighted by Gasteiger charge is -2.29. The number of nitrogens with two attached hydrogens (primary N) is 3. The fourth-order valence-corrected chi connectivity index (χ4v) is 13.4. The maximum Gasteiger partial charge on any atom is 0.410 e. The predicted molar refractivity (Wildman–Crippen MR) is 407 cm³/mol. The first-order chi connectivity index (χ1) is 51.2. The second-order valence-corrected chi connectivity index (χ2v) is 28.0. The molecule has 0 spiro atoms. The molecule has 10 aromatic rings. The summed E-state index contributed by atoms with van der Waals surface area (Å²) in [4.78, 5) is 77.7. The molecule has 5 aliphatic heterocycles. The van der Waals surface area contributed by atoms with E-state index in [0.717, 1.165) is 141 Å². The van der Waals surface area contributed by atoms with Crippen molar-refractivity contribution in [2.75, 3.05) is 43.4 Å². The number of likely N-dealkylation sites (tertiary alicyclic amines) is 3. The van der Waals surface area contributed by atoms with Crippen LogP contribution in [0.3, 0.4) is 0 Å². The lowest BCUT2D eigenvalue weighted by atomic mass is 9.99. The van der Waals surface area contributed by atoms with Crippen LogP contribution in [0.4, 0.5) is 27.0 Å². The van der Waals surface area contributed by atoms with Gasteiger partial charge in [-0.15, -0.1) is 0 Å². The molecule has 4 aromatic heterocycles. The highest BCUT2D eigenvalue weighted by molar-refractivity contribution is 6.18. The van der Waals surface area contributed by atoms with E-state index < -0.39 is 11.2 Å². The number of aromatic amines is 1. The van der Waals surface area contributed by atoms with Crippen LogP contribution in [0.15, 0.2) is 205 Å². The highest BCUT2D eigenvalue weighted by Crippen LogP contribution is 2.42. The molecular weight excluding hydrogens is 1340 g/mol. The minimum atomic E-state index is -0.534. The van der Waals surface area contributed by atoms with E-state index in [1.807, 2.05) is 215 Å². The number of ether oxygens (including phenoxy) is 5. The van der Waals surface area contributed by atoms with Gasteiger partial charge in [-0.05, 0) is 208 Å². The quantitative estimate of drug-likeness (QED) is 0.0595. The van der Waals surface area contributed by atoms with Crippen LogP contribution in [-0.2, 0) is 14.3 Å². The molecule has 2 unspecified atom stereocenters. The average Bonchev–Trinajstić information content (AvgIpc) is 1.62. The van der Waals surface area contributed by atoms with E-state index in [4.69, 9.17) is 56.0 Å². The molecule has 6 aromatic carbocycles. The maximum absolute atomic E-state index is 12.8. The zero-order valence-corrected chi connectivity index (χ0v) is 60.3. The van der Waals surface area contributed by atoms with Crippen LogP contribution in [0.2, 0.25) is 0 Å². The molecule has 0 bridgehead atoms. The molecule has 0 saturated carbocycles. The van der Waals surface area contributed by atoms with Crippen molar-refractivity contribution < 1.29 is 43.2 Å². The molecule has 9 heterocycles. The lowest BCUT2D eigenvalue weighted by Crippen LogP contribution is -2.41. The highest BCUT2D eigenvalue weighted by Gasteiger charge is 2.40. The van der Waals surface area contributed by atoms with E-state index in [1.54, 1.807) is 4.90 Å². The third kappa shape index (κ3) is 18.1. The van der Waals surface area contributed by atoms with E-state index in [1.165, 1.54) is 25.1 Å². The van der Waals surface area contributed by atoms with Crippen LogP contribution < -0.4 is 31.4 Å². The number of amides is 3. The van der Waals surface area contributed by atoms with Crippen molar-refractivity contribution in [2.24, 2.45) is 9.98 Å². The van der Waals surface area contributed by atoms with Gasteiger partial charge < -0.3 is 60.7 Å². The van der Waals surface area contributed by atoms with E-state index in [9.17, 15) is 14.4 Å². The Balaban J connectivity index is 0.000000139. The van der Waals surface area contributed by atoms with Gasteiger partial charge in [0.25, 0.3) is 0 Å². The molecule has 0 aliphatic carbocycles.